The van der Waals surface area contributed by atoms with Gasteiger partial charge in [-0.15, -0.1) is 0 Å². The highest BCUT2D eigenvalue weighted by molar-refractivity contribution is 6.31. The minimum absolute atomic E-state index is 0.137. The maximum atomic E-state index is 11.8. The second-order valence-corrected chi connectivity index (χ2v) is 12.1. The Labute approximate surface area is 239 Å². The SMILES string of the molecule is O=C1CCC(=O)N1CCOC1=C(Cl)C=C(CN(C[C@H]2CC[C@H](C(=O)O)CC2)C2CCc3cc(Cl)ccc32)CC1. The zero-order chi connectivity index (χ0) is 27.5. The minimum atomic E-state index is -0.669. The first kappa shape index (κ1) is 28.2. The van der Waals surface area contributed by atoms with Crippen molar-refractivity contribution < 1.29 is 24.2 Å². The molecule has 1 saturated carbocycles. The molecule has 0 aromatic heterocycles. The Balaban J connectivity index is 1.26. The van der Waals surface area contributed by atoms with E-state index in [9.17, 15) is 19.5 Å². The molecule has 1 heterocycles. The van der Waals surface area contributed by atoms with Crippen molar-refractivity contribution in [3.63, 3.8) is 0 Å². The fraction of sp³-hybridized carbons (Fsp3) is 0.567. The second kappa shape index (κ2) is 12.4. The standard InChI is InChI=1S/C30H36Cl2N2O5/c31-23-7-8-24-22(16-23)6-9-26(24)33(17-19-1-4-21(5-2-19)30(37)38)18-20-3-10-27(25(32)15-20)39-14-13-34-28(35)11-12-29(34)36/h7-8,15-16,19,21,26H,1-6,9-14,17-18H2,(H,37,38)/t19-,21-,26?. The van der Waals surface area contributed by atoms with E-state index in [0.29, 0.717) is 29.2 Å². The van der Waals surface area contributed by atoms with Crippen LogP contribution in [0.1, 0.15) is 75.0 Å². The number of aryl methyl sites for hydroxylation is 1. The first-order valence-corrected chi connectivity index (χ1v) is 14.8. The van der Waals surface area contributed by atoms with Gasteiger partial charge in [0, 0.05) is 43.4 Å². The molecular formula is C30H36Cl2N2O5. The van der Waals surface area contributed by atoms with Gasteiger partial charge in [0.15, 0.2) is 0 Å². The van der Waals surface area contributed by atoms with Crippen LogP contribution in [0.15, 0.2) is 40.6 Å². The Morgan fingerprint density at radius 3 is 2.44 bits per heavy atom. The van der Waals surface area contributed by atoms with E-state index < -0.39 is 5.97 Å². The highest BCUT2D eigenvalue weighted by Crippen LogP contribution is 2.40. The lowest BCUT2D eigenvalue weighted by Gasteiger charge is -2.36. The number of ether oxygens (including phenoxy) is 1. The third kappa shape index (κ3) is 6.69. The predicted molar refractivity (Wildman–Crippen MR) is 149 cm³/mol. The molecule has 9 heteroatoms. The summed E-state index contributed by atoms with van der Waals surface area (Å²) >= 11 is 12.9. The normalized spacial score (nSPS) is 25.4. The van der Waals surface area contributed by atoms with Crippen molar-refractivity contribution in [2.75, 3.05) is 26.2 Å². The third-order valence-electron chi connectivity index (χ3n) is 8.70. The number of likely N-dealkylation sites (tertiary alicyclic amines) is 1. The fourth-order valence-electron chi connectivity index (χ4n) is 6.55. The molecule has 5 rings (SSSR count). The lowest BCUT2D eigenvalue weighted by Crippen LogP contribution is -2.36. The monoisotopic (exact) mass is 574 g/mol. The Hall–Kier alpha value is -2.35. The molecule has 1 aliphatic heterocycles. The van der Waals surface area contributed by atoms with Gasteiger partial charge in [-0.05, 0) is 80.2 Å². The van der Waals surface area contributed by atoms with Crippen molar-refractivity contribution in [1.29, 1.82) is 0 Å². The molecule has 210 valence electrons. The number of aliphatic carboxylic acids is 1. The van der Waals surface area contributed by atoms with Gasteiger partial charge in [0.2, 0.25) is 11.8 Å². The van der Waals surface area contributed by atoms with Crippen LogP contribution in [0.5, 0.6) is 0 Å². The molecule has 0 bridgehead atoms. The van der Waals surface area contributed by atoms with Gasteiger partial charge < -0.3 is 9.84 Å². The van der Waals surface area contributed by atoms with Crippen molar-refractivity contribution in [3.05, 3.63) is 56.8 Å². The number of hydrogen-bond donors (Lipinski definition) is 1. The Morgan fingerprint density at radius 1 is 1.00 bits per heavy atom. The molecule has 0 radical (unpaired) electrons. The first-order chi connectivity index (χ1) is 18.8. The van der Waals surface area contributed by atoms with Crippen LogP contribution in [0.3, 0.4) is 0 Å². The molecule has 1 saturated heterocycles. The van der Waals surface area contributed by atoms with E-state index in [1.807, 2.05) is 12.1 Å². The largest absolute Gasteiger partial charge is 0.495 e. The number of nitrogens with zero attached hydrogens (tertiary/aromatic N) is 2. The van der Waals surface area contributed by atoms with Crippen LogP contribution in [0, 0.1) is 11.8 Å². The van der Waals surface area contributed by atoms with Crippen LogP contribution >= 0.6 is 23.2 Å². The van der Waals surface area contributed by atoms with Crippen LogP contribution in [0.25, 0.3) is 0 Å². The van der Waals surface area contributed by atoms with Crippen molar-refractivity contribution in [2.45, 2.75) is 70.3 Å². The van der Waals surface area contributed by atoms with E-state index in [0.717, 1.165) is 63.1 Å². The average molecular weight is 576 g/mol. The maximum absolute atomic E-state index is 11.8. The number of carboxylic acid groups (broad SMARTS) is 1. The van der Waals surface area contributed by atoms with E-state index in [2.05, 4.69) is 17.0 Å². The second-order valence-electron chi connectivity index (χ2n) is 11.2. The van der Waals surface area contributed by atoms with Crippen molar-refractivity contribution in [1.82, 2.24) is 9.80 Å². The number of benzene rings is 1. The molecule has 39 heavy (non-hydrogen) atoms. The van der Waals surface area contributed by atoms with Crippen LogP contribution in [-0.2, 0) is 25.5 Å². The zero-order valence-electron chi connectivity index (χ0n) is 22.2. The van der Waals surface area contributed by atoms with Crippen LogP contribution < -0.4 is 0 Å². The first-order valence-electron chi connectivity index (χ1n) is 14.1. The molecule has 2 fully saturated rings. The minimum Gasteiger partial charge on any atom is -0.495 e. The molecule has 1 aromatic carbocycles. The number of hydrogen-bond acceptors (Lipinski definition) is 5. The number of fused-ring (bicyclic) bond motifs is 1. The van der Waals surface area contributed by atoms with E-state index in [1.165, 1.54) is 21.6 Å². The molecule has 3 aliphatic carbocycles. The summed E-state index contributed by atoms with van der Waals surface area (Å²) in [5, 5.41) is 10.8. The summed E-state index contributed by atoms with van der Waals surface area (Å²) in [5.41, 5.74) is 3.90. The van der Waals surface area contributed by atoms with Crippen LogP contribution in [0.2, 0.25) is 5.02 Å². The number of halogens is 2. The van der Waals surface area contributed by atoms with Crippen LogP contribution in [0.4, 0.5) is 0 Å². The van der Waals surface area contributed by atoms with Crippen LogP contribution in [-0.4, -0.2) is 58.9 Å². The van der Waals surface area contributed by atoms with Gasteiger partial charge in [0.25, 0.3) is 0 Å². The van der Waals surface area contributed by atoms with Gasteiger partial charge in [0.1, 0.15) is 12.4 Å². The lowest BCUT2D eigenvalue weighted by molar-refractivity contribution is -0.143. The highest BCUT2D eigenvalue weighted by atomic mass is 35.5. The summed E-state index contributed by atoms with van der Waals surface area (Å²) in [4.78, 5) is 39.0. The summed E-state index contributed by atoms with van der Waals surface area (Å²) in [6.45, 7) is 2.23. The fourth-order valence-corrected chi connectivity index (χ4v) is 7.05. The number of amides is 2. The zero-order valence-corrected chi connectivity index (χ0v) is 23.7. The van der Waals surface area contributed by atoms with Gasteiger partial charge in [-0.3, -0.25) is 24.2 Å². The molecule has 2 amide bonds. The third-order valence-corrected chi connectivity index (χ3v) is 9.26. The molecule has 4 aliphatic rings. The summed E-state index contributed by atoms with van der Waals surface area (Å²) in [6.07, 6.45) is 9.50. The highest BCUT2D eigenvalue weighted by Gasteiger charge is 2.33. The smallest absolute Gasteiger partial charge is 0.306 e. The van der Waals surface area contributed by atoms with Gasteiger partial charge in [-0.25, -0.2) is 0 Å². The quantitative estimate of drug-likeness (QED) is 0.352. The van der Waals surface area contributed by atoms with Crippen molar-refractivity contribution in [3.8, 4) is 0 Å². The molecule has 7 nitrogen and oxygen atoms in total. The Morgan fingerprint density at radius 2 is 1.74 bits per heavy atom. The molecule has 1 N–H and O–H groups in total. The van der Waals surface area contributed by atoms with E-state index in [1.54, 1.807) is 0 Å². The van der Waals surface area contributed by atoms with E-state index in [-0.39, 0.29) is 43.7 Å². The summed E-state index contributed by atoms with van der Waals surface area (Å²) in [7, 11) is 0. The Bertz CT molecular complexity index is 1170. The number of imide groups is 1. The van der Waals surface area contributed by atoms with Crippen molar-refractivity contribution >= 4 is 41.0 Å². The van der Waals surface area contributed by atoms with Gasteiger partial charge >= 0.3 is 5.97 Å². The van der Waals surface area contributed by atoms with E-state index in [4.69, 9.17) is 27.9 Å². The van der Waals surface area contributed by atoms with Gasteiger partial charge in [-0.2, -0.15) is 0 Å². The summed E-state index contributed by atoms with van der Waals surface area (Å²) < 4.78 is 5.90. The Kier molecular flexibility index (Phi) is 8.99. The maximum Gasteiger partial charge on any atom is 0.306 e. The summed E-state index contributed by atoms with van der Waals surface area (Å²) in [6, 6.07) is 6.51. The van der Waals surface area contributed by atoms with Gasteiger partial charge in [-0.1, -0.05) is 34.8 Å². The lowest BCUT2D eigenvalue weighted by atomic mass is 9.81. The molecule has 1 unspecified atom stereocenters. The molecular weight excluding hydrogens is 539 g/mol. The van der Waals surface area contributed by atoms with Crippen molar-refractivity contribution in [2.24, 2.45) is 11.8 Å². The predicted octanol–water partition coefficient (Wildman–Crippen LogP) is 5.86. The number of carbonyl (C=O) groups is 3. The summed E-state index contributed by atoms with van der Waals surface area (Å²) in [5.74, 6) is 0.0242. The topological polar surface area (TPSA) is 87.2 Å². The molecule has 1 atom stereocenters. The van der Waals surface area contributed by atoms with Gasteiger partial charge in [0.05, 0.1) is 17.5 Å². The molecule has 0 spiro atoms. The number of rotatable bonds is 10. The molecule has 1 aromatic rings. The number of carbonyl (C=O) groups excluding carboxylic acids is 2. The average Bonchev–Trinajstić information content (AvgIpc) is 3.47. The number of allylic oxidation sites excluding steroid dienone is 3. The van der Waals surface area contributed by atoms with E-state index >= 15 is 0 Å². The number of carboxylic acids is 1.